The minimum Gasteiger partial charge on any atom is -0.486 e. The lowest BCUT2D eigenvalue weighted by atomic mass is 9.97. The fraction of sp³-hybridized carbons (Fsp3) is 0.650. The molecule has 26 heavy (non-hydrogen) atoms. The molecule has 0 spiro atoms. The van der Waals surface area contributed by atoms with Crippen molar-refractivity contribution >= 4 is 6.03 Å². The van der Waals surface area contributed by atoms with Crippen LogP contribution >= 0.6 is 0 Å². The first kappa shape index (κ1) is 19.0. The van der Waals surface area contributed by atoms with Gasteiger partial charge in [0.25, 0.3) is 0 Å². The van der Waals surface area contributed by atoms with Crippen LogP contribution in [0.1, 0.15) is 24.0 Å². The Hall–Kier alpha value is -1.79. The van der Waals surface area contributed by atoms with Gasteiger partial charge in [-0.1, -0.05) is 18.2 Å². The highest BCUT2D eigenvalue weighted by Gasteiger charge is 2.33. The van der Waals surface area contributed by atoms with Crippen LogP contribution in [0.3, 0.4) is 0 Å². The maximum atomic E-state index is 12.3. The topological polar surface area (TPSA) is 65.0 Å². The summed E-state index contributed by atoms with van der Waals surface area (Å²) in [7, 11) is 0. The number of hydrogen-bond acceptors (Lipinski definition) is 4. The molecule has 0 bridgehead atoms. The summed E-state index contributed by atoms with van der Waals surface area (Å²) in [5, 5.41) is 12.1. The maximum Gasteiger partial charge on any atom is 0.317 e. The lowest BCUT2D eigenvalue weighted by molar-refractivity contribution is 0.0428. The van der Waals surface area contributed by atoms with Gasteiger partial charge in [-0.3, -0.25) is 0 Å². The minimum absolute atomic E-state index is 0.0177. The first-order chi connectivity index (χ1) is 12.6. The fourth-order valence-electron chi connectivity index (χ4n) is 3.73. The van der Waals surface area contributed by atoms with Crippen LogP contribution in [0.4, 0.5) is 4.79 Å². The van der Waals surface area contributed by atoms with Crippen LogP contribution in [0, 0.1) is 19.8 Å². The highest BCUT2D eigenvalue weighted by atomic mass is 16.5. The van der Waals surface area contributed by atoms with Crippen molar-refractivity contribution in [3.63, 3.8) is 0 Å². The van der Waals surface area contributed by atoms with Gasteiger partial charge in [0.1, 0.15) is 11.9 Å². The van der Waals surface area contributed by atoms with Gasteiger partial charge in [0.15, 0.2) is 0 Å². The van der Waals surface area contributed by atoms with Crippen molar-refractivity contribution in [2.24, 2.45) is 5.92 Å². The number of β-amino-alcohol motifs (C(OH)–C–C–N with tert-alkyl or cyclic N) is 1. The number of carbonyl (C=O) groups is 1. The van der Waals surface area contributed by atoms with E-state index < -0.39 is 0 Å². The van der Waals surface area contributed by atoms with Gasteiger partial charge in [0.05, 0.1) is 19.7 Å². The molecule has 0 aromatic heterocycles. The molecule has 6 heteroatoms. The van der Waals surface area contributed by atoms with Crippen LogP contribution in [0.25, 0.3) is 0 Å². The molecule has 0 radical (unpaired) electrons. The van der Waals surface area contributed by atoms with Gasteiger partial charge >= 0.3 is 6.03 Å². The number of nitrogens with zero attached hydrogens (tertiary/aromatic N) is 2. The molecule has 3 rings (SSSR count). The van der Waals surface area contributed by atoms with Crippen molar-refractivity contribution in [1.82, 2.24) is 15.1 Å². The van der Waals surface area contributed by atoms with Crippen molar-refractivity contribution in [2.45, 2.75) is 32.8 Å². The van der Waals surface area contributed by atoms with E-state index in [2.05, 4.69) is 36.2 Å². The van der Waals surface area contributed by atoms with Crippen LogP contribution in [-0.2, 0) is 0 Å². The normalized spacial score (nSPS) is 19.3. The molecular formula is C20H31N3O3. The number of urea groups is 1. The Bertz CT molecular complexity index is 588. The number of aryl methyl sites for hydroxylation is 2. The monoisotopic (exact) mass is 361 g/mol. The van der Waals surface area contributed by atoms with E-state index in [9.17, 15) is 4.79 Å². The van der Waals surface area contributed by atoms with E-state index in [1.165, 1.54) is 0 Å². The van der Waals surface area contributed by atoms with Gasteiger partial charge in [-0.2, -0.15) is 0 Å². The van der Waals surface area contributed by atoms with Crippen molar-refractivity contribution in [3.05, 3.63) is 29.3 Å². The Morgan fingerprint density at radius 2 is 1.88 bits per heavy atom. The number of piperidine rings is 1. The molecule has 0 atom stereocenters. The number of ether oxygens (including phenoxy) is 1. The molecule has 1 aromatic rings. The van der Waals surface area contributed by atoms with Crippen LogP contribution in [0.2, 0.25) is 0 Å². The second-order valence-corrected chi connectivity index (χ2v) is 7.56. The summed E-state index contributed by atoms with van der Waals surface area (Å²) >= 11 is 0. The first-order valence-corrected chi connectivity index (χ1v) is 9.65. The van der Waals surface area contributed by atoms with Gasteiger partial charge in [-0.25, -0.2) is 4.79 Å². The summed E-state index contributed by atoms with van der Waals surface area (Å²) in [6.45, 7) is 9.14. The molecule has 2 aliphatic rings. The first-order valence-electron chi connectivity index (χ1n) is 9.65. The number of hydrogen-bond donors (Lipinski definition) is 2. The molecule has 2 saturated heterocycles. The molecule has 2 fully saturated rings. The van der Waals surface area contributed by atoms with E-state index in [0.717, 1.165) is 55.9 Å². The van der Waals surface area contributed by atoms with Crippen molar-refractivity contribution < 1.29 is 14.6 Å². The fourth-order valence-corrected chi connectivity index (χ4v) is 3.73. The van der Waals surface area contributed by atoms with Crippen LogP contribution < -0.4 is 10.1 Å². The Kier molecular flexibility index (Phi) is 6.38. The van der Waals surface area contributed by atoms with Crippen LogP contribution in [-0.4, -0.2) is 72.9 Å². The minimum atomic E-state index is 0.0177. The van der Waals surface area contributed by atoms with Gasteiger partial charge in [-0.15, -0.1) is 0 Å². The van der Waals surface area contributed by atoms with E-state index in [-0.39, 0.29) is 18.7 Å². The summed E-state index contributed by atoms with van der Waals surface area (Å²) in [6, 6.07) is 6.16. The summed E-state index contributed by atoms with van der Waals surface area (Å²) in [6.07, 6.45) is 2.25. The molecular weight excluding hydrogens is 330 g/mol. The van der Waals surface area contributed by atoms with E-state index in [1.54, 1.807) is 0 Å². The van der Waals surface area contributed by atoms with Gasteiger partial charge in [-0.05, 0) is 56.8 Å². The van der Waals surface area contributed by atoms with E-state index in [4.69, 9.17) is 9.84 Å². The number of carbonyl (C=O) groups excluding carboxylic acids is 1. The molecule has 1 aromatic carbocycles. The van der Waals surface area contributed by atoms with Gasteiger partial charge in [0.2, 0.25) is 0 Å². The predicted octanol–water partition coefficient (Wildman–Crippen LogP) is 1.78. The number of rotatable bonds is 6. The number of likely N-dealkylation sites (tertiary alicyclic amines) is 2. The molecule has 6 nitrogen and oxygen atoms in total. The van der Waals surface area contributed by atoms with E-state index in [0.29, 0.717) is 19.0 Å². The quantitative estimate of drug-likeness (QED) is 0.811. The largest absolute Gasteiger partial charge is 0.486 e. The average Bonchev–Trinajstić information content (AvgIpc) is 2.59. The number of benzene rings is 1. The smallest absolute Gasteiger partial charge is 0.317 e. The number of aliphatic hydroxyl groups is 1. The maximum absolute atomic E-state index is 12.3. The second kappa shape index (κ2) is 8.73. The number of para-hydroxylation sites is 1. The third-order valence-corrected chi connectivity index (χ3v) is 5.49. The molecule has 0 saturated carbocycles. The zero-order chi connectivity index (χ0) is 18.5. The van der Waals surface area contributed by atoms with E-state index in [1.807, 2.05) is 11.0 Å². The number of aliphatic hydroxyl groups excluding tert-OH is 1. The number of amides is 2. The standard InChI is InChI=1S/C20H31N3O3/c1-15-4-3-5-16(2)19(15)26-18-13-23(14-18)20(25)21-12-17-6-8-22(9-7-17)10-11-24/h3-5,17-18,24H,6-14H2,1-2H3,(H,21,25). The van der Waals surface area contributed by atoms with Crippen LogP contribution in [0.15, 0.2) is 18.2 Å². The lowest BCUT2D eigenvalue weighted by Gasteiger charge is -2.40. The summed E-state index contributed by atoms with van der Waals surface area (Å²) in [4.78, 5) is 16.4. The molecule has 144 valence electrons. The highest BCUT2D eigenvalue weighted by molar-refractivity contribution is 5.75. The van der Waals surface area contributed by atoms with Gasteiger partial charge in [0, 0.05) is 13.1 Å². The predicted molar refractivity (Wildman–Crippen MR) is 102 cm³/mol. The molecule has 2 N–H and O–H groups in total. The van der Waals surface area contributed by atoms with Gasteiger partial charge < -0.3 is 25.0 Å². The van der Waals surface area contributed by atoms with E-state index >= 15 is 0 Å². The Morgan fingerprint density at radius 3 is 2.50 bits per heavy atom. The molecule has 2 heterocycles. The highest BCUT2D eigenvalue weighted by Crippen LogP contribution is 2.26. The Balaban J connectivity index is 1.35. The molecule has 0 aliphatic carbocycles. The third-order valence-electron chi connectivity index (χ3n) is 5.49. The van der Waals surface area contributed by atoms with Crippen molar-refractivity contribution in [2.75, 3.05) is 45.9 Å². The Morgan fingerprint density at radius 1 is 1.23 bits per heavy atom. The lowest BCUT2D eigenvalue weighted by Crippen LogP contribution is -2.59. The summed E-state index contributed by atoms with van der Waals surface area (Å²) in [5.74, 6) is 1.49. The third kappa shape index (κ3) is 4.68. The average molecular weight is 361 g/mol. The zero-order valence-corrected chi connectivity index (χ0v) is 15.9. The summed E-state index contributed by atoms with van der Waals surface area (Å²) in [5.41, 5.74) is 2.28. The van der Waals surface area contributed by atoms with Crippen molar-refractivity contribution in [1.29, 1.82) is 0 Å². The number of nitrogens with one attached hydrogen (secondary N) is 1. The summed E-state index contributed by atoms with van der Waals surface area (Å²) < 4.78 is 6.07. The molecule has 2 aliphatic heterocycles. The zero-order valence-electron chi connectivity index (χ0n) is 15.9. The SMILES string of the molecule is Cc1cccc(C)c1OC1CN(C(=O)NCC2CCN(CCO)CC2)C1. The molecule has 2 amide bonds. The molecule has 0 unspecified atom stereocenters. The second-order valence-electron chi connectivity index (χ2n) is 7.56. The van der Waals surface area contributed by atoms with Crippen LogP contribution in [0.5, 0.6) is 5.75 Å². The Labute approximate surface area is 156 Å². The van der Waals surface area contributed by atoms with Crippen molar-refractivity contribution in [3.8, 4) is 5.75 Å².